The van der Waals surface area contributed by atoms with E-state index in [0.29, 0.717) is 23.3 Å². The minimum Gasteiger partial charge on any atom is -0.497 e. The van der Waals surface area contributed by atoms with Crippen molar-refractivity contribution >= 4 is 11.9 Å². The highest BCUT2D eigenvalue weighted by atomic mass is 16.5. The minimum atomic E-state index is -0.615. The number of hydrogen-bond acceptors (Lipinski definition) is 5. The van der Waals surface area contributed by atoms with Crippen LogP contribution in [0.2, 0.25) is 0 Å². The zero-order chi connectivity index (χ0) is 18.4. The van der Waals surface area contributed by atoms with Crippen molar-refractivity contribution in [1.29, 1.82) is 0 Å². The molecule has 0 bridgehead atoms. The van der Waals surface area contributed by atoms with Gasteiger partial charge in [-0.3, -0.25) is 4.79 Å². The summed E-state index contributed by atoms with van der Waals surface area (Å²) in [6.45, 7) is 4.05. The Hall–Kier alpha value is -2.24. The summed E-state index contributed by atoms with van der Waals surface area (Å²) in [6, 6.07) is 4.99. The summed E-state index contributed by atoms with van der Waals surface area (Å²) in [5.41, 5.74) is 0.231. The van der Waals surface area contributed by atoms with Gasteiger partial charge in [0, 0.05) is 6.04 Å². The van der Waals surface area contributed by atoms with E-state index in [9.17, 15) is 9.59 Å². The lowest BCUT2D eigenvalue weighted by molar-refractivity contribution is -0.125. The molecule has 1 aliphatic rings. The van der Waals surface area contributed by atoms with Crippen LogP contribution >= 0.6 is 0 Å². The molecule has 1 aliphatic carbocycles. The maximum atomic E-state index is 12.3. The van der Waals surface area contributed by atoms with Crippen molar-refractivity contribution in [3.63, 3.8) is 0 Å². The number of carbonyl (C=O) groups excluding carboxylic acids is 2. The van der Waals surface area contributed by atoms with E-state index in [4.69, 9.17) is 14.2 Å². The molecule has 0 spiro atoms. The first kappa shape index (κ1) is 19.1. The lowest BCUT2D eigenvalue weighted by Crippen LogP contribution is -2.45. The summed E-state index contributed by atoms with van der Waals surface area (Å²) in [7, 11) is 2.98. The zero-order valence-electron chi connectivity index (χ0n) is 15.3. The monoisotopic (exact) mass is 349 g/mol. The Morgan fingerprint density at radius 1 is 1.16 bits per heavy atom. The topological polar surface area (TPSA) is 73.9 Å². The minimum absolute atomic E-state index is 0.140. The first-order valence-corrected chi connectivity index (χ1v) is 8.64. The molecular formula is C19H27NO5. The molecule has 6 heteroatoms. The number of rotatable bonds is 6. The molecule has 138 valence electrons. The van der Waals surface area contributed by atoms with Crippen molar-refractivity contribution in [2.75, 3.05) is 20.8 Å². The van der Waals surface area contributed by atoms with Crippen molar-refractivity contribution in [2.45, 2.75) is 39.2 Å². The van der Waals surface area contributed by atoms with Crippen LogP contribution in [0.4, 0.5) is 0 Å². The second-order valence-electron chi connectivity index (χ2n) is 6.58. The van der Waals surface area contributed by atoms with E-state index in [-0.39, 0.29) is 24.1 Å². The van der Waals surface area contributed by atoms with E-state index < -0.39 is 5.97 Å². The quantitative estimate of drug-likeness (QED) is 0.800. The van der Waals surface area contributed by atoms with E-state index >= 15 is 0 Å². The molecule has 25 heavy (non-hydrogen) atoms. The highest BCUT2D eigenvalue weighted by molar-refractivity contribution is 5.94. The molecule has 1 aromatic rings. The lowest BCUT2D eigenvalue weighted by atomic mass is 9.78. The molecule has 0 unspecified atom stereocenters. The fourth-order valence-electron chi connectivity index (χ4n) is 3.22. The Bertz CT molecular complexity index is 616. The summed E-state index contributed by atoms with van der Waals surface area (Å²) >= 11 is 0. The molecule has 1 N–H and O–H groups in total. The van der Waals surface area contributed by atoms with E-state index in [1.165, 1.54) is 26.7 Å². The molecule has 0 heterocycles. The smallest absolute Gasteiger partial charge is 0.342 e. The van der Waals surface area contributed by atoms with Crippen LogP contribution < -0.4 is 14.8 Å². The number of ether oxygens (including phenoxy) is 3. The maximum Gasteiger partial charge on any atom is 0.342 e. The van der Waals surface area contributed by atoms with Gasteiger partial charge in [0.25, 0.3) is 5.91 Å². The molecule has 1 aromatic carbocycles. The van der Waals surface area contributed by atoms with Crippen LogP contribution in [0.1, 0.15) is 43.5 Å². The molecular weight excluding hydrogens is 322 g/mol. The van der Waals surface area contributed by atoms with Gasteiger partial charge in [-0.05, 0) is 36.5 Å². The van der Waals surface area contributed by atoms with E-state index in [0.717, 1.165) is 12.8 Å². The van der Waals surface area contributed by atoms with E-state index in [1.54, 1.807) is 12.1 Å². The largest absolute Gasteiger partial charge is 0.497 e. The standard InChI is InChI=1S/C19H27NO5/c1-12-6-5-7-16(13(12)2)20-18(21)11-25-19(22)15-10-14(23-3)8-9-17(15)24-4/h8-10,12-13,16H,5-7,11H2,1-4H3,(H,20,21)/t12-,13+,16+/m0/s1. The predicted molar refractivity (Wildman–Crippen MR) is 93.9 cm³/mol. The van der Waals surface area contributed by atoms with Crippen molar-refractivity contribution in [3.8, 4) is 11.5 Å². The Kier molecular flexibility index (Phi) is 6.67. The molecule has 3 atom stereocenters. The van der Waals surface area contributed by atoms with Crippen LogP contribution in [0.5, 0.6) is 11.5 Å². The average Bonchev–Trinajstić information content (AvgIpc) is 2.63. The van der Waals surface area contributed by atoms with Gasteiger partial charge in [0.1, 0.15) is 17.1 Å². The van der Waals surface area contributed by atoms with Gasteiger partial charge in [-0.15, -0.1) is 0 Å². The van der Waals surface area contributed by atoms with Gasteiger partial charge in [0.15, 0.2) is 6.61 Å². The number of nitrogens with one attached hydrogen (secondary N) is 1. The fraction of sp³-hybridized carbons (Fsp3) is 0.579. The van der Waals surface area contributed by atoms with Crippen LogP contribution in [-0.4, -0.2) is 38.7 Å². The maximum absolute atomic E-state index is 12.3. The van der Waals surface area contributed by atoms with Gasteiger partial charge < -0.3 is 19.5 Å². The van der Waals surface area contributed by atoms with Crippen LogP contribution in [0.25, 0.3) is 0 Å². The third-order valence-corrected chi connectivity index (χ3v) is 5.01. The van der Waals surface area contributed by atoms with E-state index in [1.807, 2.05) is 0 Å². The van der Waals surface area contributed by atoms with Crippen LogP contribution in [0.3, 0.4) is 0 Å². The average molecular weight is 349 g/mol. The fourth-order valence-corrected chi connectivity index (χ4v) is 3.22. The Labute approximate surface area is 148 Å². The molecule has 0 aromatic heterocycles. The molecule has 1 amide bonds. The zero-order valence-corrected chi connectivity index (χ0v) is 15.3. The van der Waals surface area contributed by atoms with Gasteiger partial charge in [-0.25, -0.2) is 4.79 Å². The van der Waals surface area contributed by atoms with E-state index in [2.05, 4.69) is 19.2 Å². The van der Waals surface area contributed by atoms with Gasteiger partial charge in [0.2, 0.25) is 0 Å². The molecule has 0 aliphatic heterocycles. The summed E-state index contributed by atoms with van der Waals surface area (Å²) in [5, 5.41) is 2.98. The molecule has 6 nitrogen and oxygen atoms in total. The van der Waals surface area contributed by atoms with Crippen molar-refractivity contribution in [1.82, 2.24) is 5.32 Å². The van der Waals surface area contributed by atoms with Crippen LogP contribution in [0, 0.1) is 11.8 Å². The molecule has 1 saturated carbocycles. The summed E-state index contributed by atoms with van der Waals surface area (Å²) in [4.78, 5) is 24.4. The number of benzene rings is 1. The molecule has 2 rings (SSSR count). The lowest BCUT2D eigenvalue weighted by Gasteiger charge is -2.34. The summed E-state index contributed by atoms with van der Waals surface area (Å²) in [5.74, 6) is 1.01. The van der Waals surface area contributed by atoms with Gasteiger partial charge in [0.05, 0.1) is 14.2 Å². The predicted octanol–water partition coefficient (Wildman–Crippen LogP) is 2.80. The Balaban J connectivity index is 1.92. The number of carbonyl (C=O) groups is 2. The second-order valence-corrected chi connectivity index (χ2v) is 6.58. The number of hydrogen-bond donors (Lipinski definition) is 1. The van der Waals surface area contributed by atoms with Crippen LogP contribution in [-0.2, 0) is 9.53 Å². The van der Waals surface area contributed by atoms with Gasteiger partial charge >= 0.3 is 5.97 Å². The number of esters is 1. The van der Waals surface area contributed by atoms with Crippen molar-refractivity contribution < 1.29 is 23.8 Å². The van der Waals surface area contributed by atoms with Gasteiger partial charge in [-0.2, -0.15) is 0 Å². The first-order chi connectivity index (χ1) is 12.0. The van der Waals surface area contributed by atoms with Gasteiger partial charge in [-0.1, -0.05) is 26.7 Å². The third-order valence-electron chi connectivity index (χ3n) is 5.01. The van der Waals surface area contributed by atoms with Crippen molar-refractivity contribution in [2.24, 2.45) is 11.8 Å². The summed E-state index contributed by atoms with van der Waals surface area (Å²) < 4.78 is 15.4. The van der Waals surface area contributed by atoms with Crippen molar-refractivity contribution in [3.05, 3.63) is 23.8 Å². The molecule has 1 fully saturated rings. The normalized spacial score (nSPS) is 22.8. The molecule has 0 saturated heterocycles. The SMILES string of the molecule is COc1ccc(OC)c(C(=O)OCC(=O)N[C@@H]2CCC[C@H](C)[C@H]2C)c1. The second kappa shape index (κ2) is 8.74. The third kappa shape index (κ3) is 4.87. The Morgan fingerprint density at radius 2 is 1.92 bits per heavy atom. The number of methoxy groups -OCH3 is 2. The number of amides is 1. The molecule has 0 radical (unpaired) electrons. The highest BCUT2D eigenvalue weighted by Crippen LogP contribution is 2.29. The highest BCUT2D eigenvalue weighted by Gasteiger charge is 2.28. The van der Waals surface area contributed by atoms with Crippen LogP contribution in [0.15, 0.2) is 18.2 Å². The Morgan fingerprint density at radius 3 is 2.60 bits per heavy atom. The summed E-state index contributed by atoms with van der Waals surface area (Å²) in [6.07, 6.45) is 3.27. The first-order valence-electron chi connectivity index (χ1n) is 8.64.